The van der Waals surface area contributed by atoms with Crippen molar-refractivity contribution in [3.05, 3.63) is 12.3 Å². The molecular weight excluding hydrogens is 148 g/mol. The van der Waals surface area contributed by atoms with Gasteiger partial charge in [-0.1, -0.05) is 5.16 Å². The Hall–Kier alpha value is -1.52. The Bertz CT molecular complexity index is 220. The molecule has 0 atom stereocenters. The zero-order chi connectivity index (χ0) is 8.10. The van der Waals surface area contributed by atoms with Gasteiger partial charge in [-0.25, -0.2) is 0 Å². The third-order valence-corrected chi connectivity index (χ3v) is 1.08. The molecule has 0 aromatic carbocycles. The normalized spacial score (nSPS) is 9.18. The van der Waals surface area contributed by atoms with E-state index in [1.807, 2.05) is 0 Å². The molecule has 5 nitrogen and oxygen atoms in total. The second kappa shape index (κ2) is 3.60. The summed E-state index contributed by atoms with van der Waals surface area (Å²) in [6, 6.07) is 1.61. The van der Waals surface area contributed by atoms with Crippen LogP contribution in [0, 0.1) is 0 Å². The van der Waals surface area contributed by atoms with E-state index in [1.54, 1.807) is 6.07 Å². The fourth-order valence-corrected chi connectivity index (χ4v) is 0.539. The van der Waals surface area contributed by atoms with Gasteiger partial charge in [0.05, 0.1) is 7.11 Å². The van der Waals surface area contributed by atoms with E-state index in [9.17, 15) is 4.79 Å². The highest BCUT2D eigenvalue weighted by molar-refractivity contribution is 5.74. The second-order valence-electron chi connectivity index (χ2n) is 1.81. The SMILES string of the molecule is COC(=O)CNc1ccon1. The molecule has 0 saturated carbocycles. The van der Waals surface area contributed by atoms with Crippen LogP contribution in [0.15, 0.2) is 16.9 Å². The smallest absolute Gasteiger partial charge is 0.325 e. The van der Waals surface area contributed by atoms with Gasteiger partial charge in [-0.3, -0.25) is 4.79 Å². The van der Waals surface area contributed by atoms with E-state index in [-0.39, 0.29) is 12.5 Å². The third-order valence-electron chi connectivity index (χ3n) is 1.08. The molecule has 1 aromatic rings. The van der Waals surface area contributed by atoms with Crippen LogP contribution < -0.4 is 5.32 Å². The van der Waals surface area contributed by atoms with E-state index in [1.165, 1.54) is 13.4 Å². The van der Waals surface area contributed by atoms with Crippen LogP contribution in [0.3, 0.4) is 0 Å². The number of carbonyl (C=O) groups excluding carboxylic acids is 1. The lowest BCUT2D eigenvalue weighted by molar-refractivity contribution is -0.138. The van der Waals surface area contributed by atoms with Crippen LogP contribution in [-0.2, 0) is 9.53 Å². The quantitative estimate of drug-likeness (QED) is 0.636. The van der Waals surface area contributed by atoms with Gasteiger partial charge in [0.1, 0.15) is 12.8 Å². The van der Waals surface area contributed by atoms with Crippen LogP contribution >= 0.6 is 0 Å². The zero-order valence-electron chi connectivity index (χ0n) is 6.03. The molecule has 1 aromatic heterocycles. The summed E-state index contributed by atoms with van der Waals surface area (Å²) in [6.07, 6.45) is 1.42. The fraction of sp³-hybridized carbons (Fsp3) is 0.333. The molecule has 0 amide bonds. The van der Waals surface area contributed by atoms with Crippen molar-refractivity contribution >= 4 is 11.8 Å². The van der Waals surface area contributed by atoms with E-state index < -0.39 is 0 Å². The summed E-state index contributed by atoms with van der Waals surface area (Å²) in [7, 11) is 1.33. The molecule has 1 heterocycles. The Morgan fingerprint density at radius 2 is 2.73 bits per heavy atom. The summed E-state index contributed by atoms with van der Waals surface area (Å²) < 4.78 is 8.90. The molecule has 0 radical (unpaired) electrons. The first kappa shape index (κ1) is 7.59. The minimum absolute atomic E-state index is 0.100. The van der Waals surface area contributed by atoms with E-state index in [2.05, 4.69) is 19.7 Å². The molecule has 5 heteroatoms. The molecule has 0 unspecified atom stereocenters. The number of hydrogen-bond donors (Lipinski definition) is 1. The molecule has 0 spiro atoms. The Balaban J connectivity index is 2.29. The monoisotopic (exact) mass is 156 g/mol. The second-order valence-corrected chi connectivity index (χ2v) is 1.81. The average molecular weight is 156 g/mol. The van der Waals surface area contributed by atoms with Crippen molar-refractivity contribution in [2.24, 2.45) is 0 Å². The zero-order valence-corrected chi connectivity index (χ0v) is 6.03. The lowest BCUT2D eigenvalue weighted by atomic mass is 10.6. The largest absolute Gasteiger partial charge is 0.468 e. The Kier molecular flexibility index (Phi) is 2.48. The van der Waals surface area contributed by atoms with Gasteiger partial charge < -0.3 is 14.6 Å². The van der Waals surface area contributed by atoms with Crippen molar-refractivity contribution < 1.29 is 14.1 Å². The number of hydrogen-bond acceptors (Lipinski definition) is 5. The number of aromatic nitrogens is 1. The maximum atomic E-state index is 10.6. The van der Waals surface area contributed by atoms with E-state index in [0.717, 1.165) is 0 Å². The third kappa shape index (κ3) is 2.29. The van der Waals surface area contributed by atoms with Gasteiger partial charge >= 0.3 is 5.97 Å². The predicted octanol–water partition coefficient (Wildman–Crippen LogP) is 0.259. The summed E-state index contributed by atoms with van der Waals surface area (Å²) in [5, 5.41) is 6.22. The van der Waals surface area contributed by atoms with E-state index >= 15 is 0 Å². The van der Waals surface area contributed by atoms with Crippen molar-refractivity contribution in [1.82, 2.24) is 5.16 Å². The minimum atomic E-state index is -0.340. The predicted molar refractivity (Wildman–Crippen MR) is 37.0 cm³/mol. The highest BCUT2D eigenvalue weighted by atomic mass is 16.5. The van der Waals surface area contributed by atoms with Crippen molar-refractivity contribution in [3.8, 4) is 0 Å². The summed E-state index contributed by atoms with van der Waals surface area (Å²) in [6.45, 7) is 0.100. The van der Waals surface area contributed by atoms with Gasteiger partial charge in [-0.05, 0) is 0 Å². The number of nitrogens with one attached hydrogen (secondary N) is 1. The molecule has 1 rings (SSSR count). The molecule has 1 N–H and O–H groups in total. The molecule has 0 aliphatic carbocycles. The molecule has 0 aliphatic heterocycles. The highest BCUT2D eigenvalue weighted by Crippen LogP contribution is 1.99. The topological polar surface area (TPSA) is 64.4 Å². The first-order valence-corrected chi connectivity index (χ1v) is 3.04. The van der Waals surface area contributed by atoms with Crippen LogP contribution in [-0.4, -0.2) is 24.8 Å². The van der Waals surface area contributed by atoms with Crippen molar-refractivity contribution in [2.75, 3.05) is 19.0 Å². The Morgan fingerprint density at radius 3 is 3.27 bits per heavy atom. The summed E-state index contributed by atoms with van der Waals surface area (Å²) in [5.74, 6) is 0.184. The molecule has 0 saturated heterocycles. The Labute approximate surface area is 63.3 Å². The standard InChI is InChI=1S/C6H8N2O3/c1-10-6(9)4-7-5-2-3-11-8-5/h2-3H,4H2,1H3,(H,7,8). The number of nitrogens with zero attached hydrogens (tertiary/aromatic N) is 1. The lowest BCUT2D eigenvalue weighted by Crippen LogP contribution is -2.14. The van der Waals surface area contributed by atoms with Crippen LogP contribution in [0.1, 0.15) is 0 Å². The summed E-state index contributed by atoms with van der Waals surface area (Å²) in [4.78, 5) is 10.6. The van der Waals surface area contributed by atoms with Gasteiger partial charge in [-0.15, -0.1) is 0 Å². The van der Waals surface area contributed by atoms with Crippen molar-refractivity contribution in [1.29, 1.82) is 0 Å². The maximum absolute atomic E-state index is 10.6. The fourth-order valence-electron chi connectivity index (χ4n) is 0.539. The first-order chi connectivity index (χ1) is 5.33. The van der Waals surface area contributed by atoms with E-state index in [0.29, 0.717) is 5.82 Å². The number of methoxy groups -OCH3 is 1. The van der Waals surface area contributed by atoms with Crippen LogP contribution in [0.2, 0.25) is 0 Å². The summed E-state index contributed by atoms with van der Waals surface area (Å²) >= 11 is 0. The van der Waals surface area contributed by atoms with Crippen LogP contribution in [0.4, 0.5) is 5.82 Å². The molecule has 0 fully saturated rings. The van der Waals surface area contributed by atoms with Crippen molar-refractivity contribution in [2.45, 2.75) is 0 Å². The summed E-state index contributed by atoms with van der Waals surface area (Å²) in [5.41, 5.74) is 0. The number of ether oxygens (including phenoxy) is 1. The molecule has 11 heavy (non-hydrogen) atoms. The number of anilines is 1. The number of esters is 1. The molecule has 0 aliphatic rings. The lowest BCUT2D eigenvalue weighted by Gasteiger charge is -1.98. The van der Waals surface area contributed by atoms with Gasteiger partial charge in [0.25, 0.3) is 0 Å². The van der Waals surface area contributed by atoms with Gasteiger partial charge in [-0.2, -0.15) is 0 Å². The average Bonchev–Trinajstić information content (AvgIpc) is 2.52. The van der Waals surface area contributed by atoms with Crippen LogP contribution in [0.25, 0.3) is 0 Å². The molecule has 60 valence electrons. The Morgan fingerprint density at radius 1 is 1.91 bits per heavy atom. The minimum Gasteiger partial charge on any atom is -0.468 e. The molecular formula is C6H8N2O3. The van der Waals surface area contributed by atoms with Gasteiger partial charge in [0, 0.05) is 6.07 Å². The van der Waals surface area contributed by atoms with Crippen molar-refractivity contribution in [3.63, 3.8) is 0 Å². The first-order valence-electron chi connectivity index (χ1n) is 3.04. The van der Waals surface area contributed by atoms with Gasteiger partial charge in [0.15, 0.2) is 5.82 Å². The van der Waals surface area contributed by atoms with E-state index in [4.69, 9.17) is 0 Å². The maximum Gasteiger partial charge on any atom is 0.325 e. The number of carbonyl (C=O) groups is 1. The van der Waals surface area contributed by atoms with Gasteiger partial charge in [0.2, 0.25) is 0 Å². The highest BCUT2D eigenvalue weighted by Gasteiger charge is 2.00. The number of rotatable bonds is 3. The van der Waals surface area contributed by atoms with Crippen LogP contribution in [0.5, 0.6) is 0 Å². The molecule has 0 bridgehead atoms.